The third-order valence-electron chi connectivity index (χ3n) is 5.78. The van der Waals surface area contributed by atoms with Gasteiger partial charge in [0, 0.05) is 37.7 Å². The molecule has 6 nitrogen and oxygen atoms in total. The van der Waals surface area contributed by atoms with Crippen molar-refractivity contribution < 1.29 is 0 Å². The molecule has 27 heavy (non-hydrogen) atoms. The highest BCUT2D eigenvalue weighted by Crippen LogP contribution is 2.34. The van der Waals surface area contributed by atoms with E-state index in [9.17, 15) is 0 Å². The number of hydrogen-bond acceptors (Lipinski definition) is 5. The van der Waals surface area contributed by atoms with Crippen molar-refractivity contribution in [3.63, 3.8) is 0 Å². The first-order chi connectivity index (χ1) is 13.3. The van der Waals surface area contributed by atoms with Crippen LogP contribution < -0.4 is 0 Å². The lowest BCUT2D eigenvalue weighted by Crippen LogP contribution is -2.48. The van der Waals surface area contributed by atoms with Crippen LogP contribution in [0.2, 0.25) is 5.02 Å². The van der Waals surface area contributed by atoms with Gasteiger partial charge in [-0.25, -0.2) is 4.68 Å². The van der Waals surface area contributed by atoms with Crippen LogP contribution in [0.3, 0.4) is 0 Å². The molecular formula is C20H27ClN6. The van der Waals surface area contributed by atoms with E-state index in [1.54, 1.807) is 0 Å². The van der Waals surface area contributed by atoms with Crippen molar-refractivity contribution in [3.05, 3.63) is 53.3 Å². The summed E-state index contributed by atoms with van der Waals surface area (Å²) < 4.78 is 2.09. The zero-order chi connectivity index (χ0) is 18.6. The predicted octanol–water partition coefficient (Wildman–Crippen LogP) is 3.33. The van der Waals surface area contributed by atoms with Crippen molar-refractivity contribution in [1.82, 2.24) is 30.0 Å². The highest BCUT2D eigenvalue weighted by Gasteiger charge is 2.32. The van der Waals surface area contributed by atoms with Crippen LogP contribution in [-0.4, -0.2) is 62.7 Å². The van der Waals surface area contributed by atoms with Crippen molar-refractivity contribution in [1.29, 1.82) is 0 Å². The molecule has 1 aromatic heterocycles. The standard InChI is InChI=1S/C20H27ClN6/c1-2-11-25-12-14-26(15-13-25)19(16-7-9-17(21)10-8-16)20-22-23-24-27(20)18-5-3-4-6-18/h2,7-10,18-19H,1,3-6,11-15H2. The second-order valence-electron chi connectivity index (χ2n) is 7.50. The molecule has 2 aromatic rings. The minimum Gasteiger partial charge on any atom is -0.297 e. The number of nitrogens with zero attached hydrogens (tertiary/aromatic N) is 6. The molecular weight excluding hydrogens is 360 g/mol. The number of rotatable bonds is 6. The van der Waals surface area contributed by atoms with Crippen LogP contribution in [0.1, 0.15) is 49.2 Å². The Hall–Kier alpha value is -1.76. The average Bonchev–Trinajstić information content (AvgIpc) is 3.37. The number of piperazine rings is 1. The van der Waals surface area contributed by atoms with Gasteiger partial charge < -0.3 is 0 Å². The van der Waals surface area contributed by atoms with Gasteiger partial charge in [0.25, 0.3) is 0 Å². The van der Waals surface area contributed by atoms with Crippen LogP contribution in [0.4, 0.5) is 0 Å². The lowest BCUT2D eigenvalue weighted by molar-refractivity contribution is 0.111. The third-order valence-corrected chi connectivity index (χ3v) is 6.03. The molecule has 1 atom stereocenters. The van der Waals surface area contributed by atoms with Gasteiger partial charge in [0.15, 0.2) is 5.82 Å². The van der Waals surface area contributed by atoms with Crippen LogP contribution in [0.25, 0.3) is 0 Å². The summed E-state index contributed by atoms with van der Waals surface area (Å²) in [7, 11) is 0. The lowest BCUT2D eigenvalue weighted by atomic mass is 10.0. The Bertz CT molecular complexity index is 744. The molecule has 1 saturated heterocycles. The number of benzene rings is 1. The Morgan fingerprint density at radius 2 is 1.81 bits per heavy atom. The number of halogens is 1. The number of tetrazole rings is 1. The summed E-state index contributed by atoms with van der Waals surface area (Å²) in [6, 6.07) is 8.62. The molecule has 1 aliphatic carbocycles. The third kappa shape index (κ3) is 4.08. The topological polar surface area (TPSA) is 50.1 Å². The fourth-order valence-corrected chi connectivity index (χ4v) is 4.47. The summed E-state index contributed by atoms with van der Waals surface area (Å²) >= 11 is 6.14. The van der Waals surface area contributed by atoms with Crippen LogP contribution >= 0.6 is 11.6 Å². The first-order valence-corrected chi connectivity index (χ1v) is 10.2. The van der Waals surface area contributed by atoms with Gasteiger partial charge in [-0.15, -0.1) is 11.7 Å². The Balaban J connectivity index is 1.64. The molecule has 2 aliphatic rings. The van der Waals surface area contributed by atoms with E-state index < -0.39 is 0 Å². The van der Waals surface area contributed by atoms with Gasteiger partial charge >= 0.3 is 0 Å². The van der Waals surface area contributed by atoms with Crippen molar-refractivity contribution >= 4 is 11.6 Å². The van der Waals surface area contributed by atoms with E-state index in [-0.39, 0.29) is 6.04 Å². The summed E-state index contributed by atoms with van der Waals surface area (Å²) in [6.45, 7) is 8.83. The maximum absolute atomic E-state index is 6.14. The molecule has 7 heteroatoms. The average molecular weight is 387 g/mol. The predicted molar refractivity (Wildman–Crippen MR) is 107 cm³/mol. The van der Waals surface area contributed by atoms with Crippen molar-refractivity contribution in [2.45, 2.75) is 37.8 Å². The molecule has 0 amide bonds. The number of hydrogen-bond donors (Lipinski definition) is 0. The maximum atomic E-state index is 6.14. The van der Waals surface area contributed by atoms with Crippen LogP contribution in [0.5, 0.6) is 0 Å². The van der Waals surface area contributed by atoms with Gasteiger partial charge in [-0.1, -0.05) is 42.7 Å². The quantitative estimate of drug-likeness (QED) is 0.712. The number of aromatic nitrogens is 4. The lowest BCUT2D eigenvalue weighted by Gasteiger charge is -2.38. The largest absolute Gasteiger partial charge is 0.297 e. The minimum absolute atomic E-state index is 0.0590. The smallest absolute Gasteiger partial charge is 0.173 e. The van der Waals surface area contributed by atoms with Crippen molar-refractivity contribution in [3.8, 4) is 0 Å². The molecule has 0 spiro atoms. The zero-order valence-electron chi connectivity index (χ0n) is 15.7. The molecule has 0 bridgehead atoms. The molecule has 4 rings (SSSR count). The van der Waals surface area contributed by atoms with Gasteiger partial charge in [-0.2, -0.15) is 0 Å². The van der Waals surface area contributed by atoms with E-state index in [2.05, 4.69) is 48.7 Å². The van der Waals surface area contributed by atoms with E-state index in [1.807, 2.05) is 18.2 Å². The zero-order valence-corrected chi connectivity index (χ0v) is 16.4. The Labute approximate surface area is 165 Å². The summed E-state index contributed by atoms with van der Waals surface area (Å²) in [6.07, 6.45) is 6.83. The second kappa shape index (κ2) is 8.50. The van der Waals surface area contributed by atoms with Gasteiger partial charge in [-0.3, -0.25) is 9.80 Å². The highest BCUT2D eigenvalue weighted by atomic mass is 35.5. The second-order valence-corrected chi connectivity index (χ2v) is 7.94. The Kier molecular flexibility index (Phi) is 5.86. The van der Waals surface area contributed by atoms with E-state index in [0.29, 0.717) is 6.04 Å². The van der Waals surface area contributed by atoms with Crippen LogP contribution in [0.15, 0.2) is 36.9 Å². The molecule has 2 heterocycles. The fraction of sp³-hybridized carbons (Fsp3) is 0.550. The molecule has 144 valence electrons. The normalized spacial score (nSPS) is 20.8. The summed E-state index contributed by atoms with van der Waals surface area (Å²) in [5.74, 6) is 0.960. The fourth-order valence-electron chi connectivity index (χ4n) is 4.34. The first-order valence-electron chi connectivity index (χ1n) is 9.87. The Morgan fingerprint density at radius 3 is 2.48 bits per heavy atom. The monoisotopic (exact) mass is 386 g/mol. The van der Waals surface area contributed by atoms with E-state index in [1.165, 1.54) is 31.2 Å². The van der Waals surface area contributed by atoms with Crippen molar-refractivity contribution in [2.24, 2.45) is 0 Å². The molecule has 1 aromatic carbocycles. The minimum atomic E-state index is 0.0590. The Morgan fingerprint density at radius 1 is 1.11 bits per heavy atom. The highest BCUT2D eigenvalue weighted by molar-refractivity contribution is 6.30. The van der Waals surface area contributed by atoms with Gasteiger partial charge in [0.05, 0.1) is 12.1 Å². The molecule has 0 N–H and O–H groups in total. The SMILES string of the molecule is C=CCN1CCN(C(c2ccc(Cl)cc2)c2nnnn2C2CCCC2)CC1. The van der Waals surface area contributed by atoms with Gasteiger partial charge in [-0.05, 0) is 41.0 Å². The van der Waals surface area contributed by atoms with E-state index >= 15 is 0 Å². The molecule has 1 aliphatic heterocycles. The van der Waals surface area contributed by atoms with E-state index in [4.69, 9.17) is 11.6 Å². The van der Waals surface area contributed by atoms with Crippen LogP contribution in [-0.2, 0) is 0 Å². The van der Waals surface area contributed by atoms with Gasteiger partial charge in [0.1, 0.15) is 0 Å². The summed E-state index contributed by atoms with van der Waals surface area (Å²) in [5, 5.41) is 13.7. The van der Waals surface area contributed by atoms with Crippen LogP contribution in [0, 0.1) is 0 Å². The summed E-state index contributed by atoms with van der Waals surface area (Å²) in [4.78, 5) is 4.93. The van der Waals surface area contributed by atoms with Gasteiger partial charge in [0.2, 0.25) is 0 Å². The van der Waals surface area contributed by atoms with E-state index in [0.717, 1.165) is 43.6 Å². The molecule has 1 unspecified atom stereocenters. The van der Waals surface area contributed by atoms with Crippen molar-refractivity contribution in [2.75, 3.05) is 32.7 Å². The maximum Gasteiger partial charge on any atom is 0.173 e. The molecule has 0 radical (unpaired) electrons. The summed E-state index contributed by atoms with van der Waals surface area (Å²) in [5.41, 5.74) is 1.20. The molecule has 1 saturated carbocycles. The molecule has 2 fully saturated rings. The first kappa shape index (κ1) is 18.6.